The van der Waals surface area contributed by atoms with Gasteiger partial charge in [0.2, 0.25) is 0 Å². The zero-order chi connectivity index (χ0) is 12.0. The topological polar surface area (TPSA) is 20.2 Å². The minimum Gasteiger partial charge on any atom is -0.390 e. The van der Waals surface area contributed by atoms with E-state index >= 15 is 0 Å². The maximum Gasteiger partial charge on any atom is 0.0620 e. The first kappa shape index (κ1) is 12.2. The van der Waals surface area contributed by atoms with Gasteiger partial charge in [0.05, 0.1) is 5.60 Å². The van der Waals surface area contributed by atoms with Crippen molar-refractivity contribution in [3.63, 3.8) is 0 Å². The Kier molecular flexibility index (Phi) is 2.94. The average Bonchev–Trinajstić information content (AvgIpc) is 2.17. The molecule has 0 radical (unpaired) electrons. The molecule has 0 aromatic carbocycles. The zero-order valence-electron chi connectivity index (χ0n) is 11.2. The number of fused-ring (bicyclic) bond motifs is 1. The summed E-state index contributed by atoms with van der Waals surface area (Å²) in [5.74, 6) is 1.24. The molecule has 3 atom stereocenters. The van der Waals surface area contributed by atoms with Gasteiger partial charge in [-0.1, -0.05) is 25.5 Å². The Balaban J connectivity index is 2.23. The molecule has 0 bridgehead atoms. The van der Waals surface area contributed by atoms with E-state index in [0.717, 1.165) is 12.3 Å². The van der Waals surface area contributed by atoms with Gasteiger partial charge in [0.15, 0.2) is 0 Å². The Bertz CT molecular complexity index is 297. The fourth-order valence-corrected chi connectivity index (χ4v) is 3.64. The third-order valence-corrected chi connectivity index (χ3v) is 5.24. The normalized spacial score (nSPS) is 40.2. The first-order valence-corrected chi connectivity index (χ1v) is 6.76. The molecule has 0 aromatic rings. The lowest BCUT2D eigenvalue weighted by molar-refractivity contribution is -0.0245. The van der Waals surface area contributed by atoms with E-state index in [4.69, 9.17) is 0 Å². The molecular weight excluding hydrogens is 196 g/mol. The van der Waals surface area contributed by atoms with Crippen molar-refractivity contribution in [2.45, 2.75) is 65.4 Å². The molecule has 1 nitrogen and oxygen atoms in total. The number of hydrogen-bond acceptors (Lipinski definition) is 1. The molecule has 0 saturated heterocycles. The molecule has 0 heterocycles. The highest BCUT2D eigenvalue weighted by molar-refractivity contribution is 5.21. The van der Waals surface area contributed by atoms with E-state index in [1.54, 1.807) is 5.57 Å². The molecule has 1 saturated carbocycles. The molecule has 0 spiro atoms. The van der Waals surface area contributed by atoms with Gasteiger partial charge in [0.1, 0.15) is 0 Å². The molecule has 92 valence electrons. The van der Waals surface area contributed by atoms with Crippen molar-refractivity contribution in [2.75, 3.05) is 0 Å². The summed E-state index contributed by atoms with van der Waals surface area (Å²) in [6, 6.07) is 0. The summed E-state index contributed by atoms with van der Waals surface area (Å²) in [7, 11) is 0. The van der Waals surface area contributed by atoms with Crippen LogP contribution in [-0.2, 0) is 0 Å². The van der Waals surface area contributed by atoms with Gasteiger partial charge < -0.3 is 5.11 Å². The van der Waals surface area contributed by atoms with Crippen LogP contribution in [0.15, 0.2) is 11.6 Å². The van der Waals surface area contributed by atoms with Crippen LogP contribution in [-0.4, -0.2) is 10.7 Å². The summed E-state index contributed by atoms with van der Waals surface area (Å²) >= 11 is 0. The van der Waals surface area contributed by atoms with Crippen molar-refractivity contribution in [3.8, 4) is 0 Å². The number of aliphatic hydroxyl groups is 1. The second-order valence-electron chi connectivity index (χ2n) is 6.72. The maximum absolute atomic E-state index is 10.2. The third kappa shape index (κ3) is 1.95. The van der Waals surface area contributed by atoms with E-state index in [-0.39, 0.29) is 0 Å². The van der Waals surface area contributed by atoms with Crippen LogP contribution in [0.5, 0.6) is 0 Å². The SMILES string of the molecule is C[C@@H]1CCC=C2CC[C@@H](C(C)(C)O)C[C@@]21C. The van der Waals surface area contributed by atoms with Crippen molar-refractivity contribution < 1.29 is 5.11 Å². The number of hydrogen-bond donors (Lipinski definition) is 1. The van der Waals surface area contributed by atoms with Gasteiger partial charge in [-0.25, -0.2) is 0 Å². The van der Waals surface area contributed by atoms with Crippen molar-refractivity contribution in [1.82, 2.24) is 0 Å². The van der Waals surface area contributed by atoms with E-state index < -0.39 is 5.60 Å². The van der Waals surface area contributed by atoms with Crippen molar-refractivity contribution >= 4 is 0 Å². The summed E-state index contributed by atoms with van der Waals surface area (Å²) < 4.78 is 0. The number of allylic oxidation sites excluding steroid dienone is 2. The molecule has 1 fully saturated rings. The summed E-state index contributed by atoms with van der Waals surface area (Å²) in [4.78, 5) is 0. The lowest BCUT2D eigenvalue weighted by atomic mass is 9.56. The molecule has 1 heteroatoms. The van der Waals surface area contributed by atoms with Crippen molar-refractivity contribution in [2.24, 2.45) is 17.3 Å². The van der Waals surface area contributed by atoms with Crippen LogP contribution < -0.4 is 0 Å². The molecule has 0 amide bonds. The minimum atomic E-state index is -0.508. The van der Waals surface area contributed by atoms with Gasteiger partial charge in [-0.3, -0.25) is 0 Å². The first-order valence-electron chi connectivity index (χ1n) is 6.76. The smallest absolute Gasteiger partial charge is 0.0620 e. The molecule has 16 heavy (non-hydrogen) atoms. The van der Waals surface area contributed by atoms with E-state index in [1.807, 2.05) is 13.8 Å². The molecular formula is C15H26O. The van der Waals surface area contributed by atoms with Crippen LogP contribution in [0.4, 0.5) is 0 Å². The fraction of sp³-hybridized carbons (Fsp3) is 0.867. The van der Waals surface area contributed by atoms with Gasteiger partial charge in [-0.2, -0.15) is 0 Å². The van der Waals surface area contributed by atoms with Crippen LogP contribution in [0.2, 0.25) is 0 Å². The largest absolute Gasteiger partial charge is 0.390 e. The Labute approximate surface area is 99.9 Å². The predicted octanol–water partition coefficient (Wildman–Crippen LogP) is 3.92. The van der Waals surface area contributed by atoms with Gasteiger partial charge in [-0.05, 0) is 63.2 Å². The lowest BCUT2D eigenvalue weighted by Crippen LogP contribution is -2.43. The highest BCUT2D eigenvalue weighted by atomic mass is 16.3. The Hall–Kier alpha value is -0.300. The molecule has 2 aliphatic rings. The predicted molar refractivity (Wildman–Crippen MR) is 68.2 cm³/mol. The third-order valence-electron chi connectivity index (χ3n) is 5.24. The first-order chi connectivity index (χ1) is 7.34. The quantitative estimate of drug-likeness (QED) is 0.667. The highest BCUT2D eigenvalue weighted by Crippen LogP contribution is 2.53. The zero-order valence-corrected chi connectivity index (χ0v) is 11.2. The fourth-order valence-electron chi connectivity index (χ4n) is 3.64. The highest BCUT2D eigenvalue weighted by Gasteiger charge is 2.44. The van der Waals surface area contributed by atoms with Crippen molar-refractivity contribution in [3.05, 3.63) is 11.6 Å². The summed E-state index contributed by atoms with van der Waals surface area (Å²) in [5, 5.41) is 10.2. The molecule has 0 aromatic heterocycles. The Morgan fingerprint density at radius 3 is 2.69 bits per heavy atom. The lowest BCUT2D eigenvalue weighted by Gasteiger charge is -2.49. The molecule has 0 unspecified atom stereocenters. The van der Waals surface area contributed by atoms with Crippen LogP contribution in [0.3, 0.4) is 0 Å². The second-order valence-corrected chi connectivity index (χ2v) is 6.72. The van der Waals surface area contributed by atoms with Crippen LogP contribution in [0, 0.1) is 17.3 Å². The summed E-state index contributed by atoms with van der Waals surface area (Å²) in [5.41, 5.74) is 1.53. The van der Waals surface area contributed by atoms with Crippen LogP contribution in [0.25, 0.3) is 0 Å². The minimum absolute atomic E-state index is 0.362. The Morgan fingerprint density at radius 2 is 2.06 bits per heavy atom. The van der Waals surface area contributed by atoms with Gasteiger partial charge >= 0.3 is 0 Å². The monoisotopic (exact) mass is 222 g/mol. The maximum atomic E-state index is 10.2. The standard InChI is InChI=1S/C15H26O/c1-11-6-5-7-12-8-9-13(14(2,3)16)10-15(11,12)4/h7,11,13,16H,5-6,8-10H2,1-4H3/t11-,13-,15-/m1/s1. The van der Waals surface area contributed by atoms with Crippen LogP contribution in [0.1, 0.15) is 59.8 Å². The van der Waals surface area contributed by atoms with E-state index in [2.05, 4.69) is 19.9 Å². The second kappa shape index (κ2) is 3.87. The van der Waals surface area contributed by atoms with E-state index in [1.165, 1.54) is 25.7 Å². The van der Waals surface area contributed by atoms with Crippen molar-refractivity contribution in [1.29, 1.82) is 0 Å². The Morgan fingerprint density at radius 1 is 1.38 bits per heavy atom. The van der Waals surface area contributed by atoms with Gasteiger partial charge in [-0.15, -0.1) is 0 Å². The molecule has 2 aliphatic carbocycles. The van der Waals surface area contributed by atoms with Gasteiger partial charge in [0, 0.05) is 0 Å². The molecule has 2 rings (SSSR count). The van der Waals surface area contributed by atoms with Gasteiger partial charge in [0.25, 0.3) is 0 Å². The number of rotatable bonds is 1. The summed E-state index contributed by atoms with van der Waals surface area (Å²) in [6.45, 7) is 8.76. The van der Waals surface area contributed by atoms with Crippen LogP contribution >= 0.6 is 0 Å². The summed E-state index contributed by atoms with van der Waals surface area (Å²) in [6.07, 6.45) is 8.59. The molecule has 0 aliphatic heterocycles. The molecule has 1 N–H and O–H groups in total. The van der Waals surface area contributed by atoms with E-state index in [9.17, 15) is 5.11 Å². The average molecular weight is 222 g/mol. The van der Waals surface area contributed by atoms with E-state index in [0.29, 0.717) is 11.3 Å².